The molecule has 0 bridgehead atoms. The number of amidine groups is 2. The molecule has 31 heavy (non-hydrogen) atoms. The number of benzene rings is 2. The van der Waals surface area contributed by atoms with Crippen LogP contribution < -0.4 is 10.1 Å². The number of para-hydroxylation sites is 1. The Hall–Kier alpha value is -3.13. The molecule has 1 N–H and O–H groups in total. The molecule has 0 spiro atoms. The van der Waals surface area contributed by atoms with Crippen molar-refractivity contribution in [2.45, 2.75) is 32.4 Å². The van der Waals surface area contributed by atoms with Gasteiger partial charge in [-0.2, -0.15) is 4.99 Å². The molecule has 2 aromatic rings. The fourth-order valence-electron chi connectivity index (χ4n) is 3.57. The van der Waals surface area contributed by atoms with E-state index in [0.29, 0.717) is 24.0 Å². The molecular weight excluding hydrogens is 412 g/mol. The summed E-state index contributed by atoms with van der Waals surface area (Å²) >= 11 is 1.33. The molecule has 0 radical (unpaired) electrons. The predicted octanol–water partition coefficient (Wildman–Crippen LogP) is 3.50. The summed E-state index contributed by atoms with van der Waals surface area (Å²) in [4.78, 5) is 36.0. The molecule has 0 saturated heterocycles. The van der Waals surface area contributed by atoms with Crippen LogP contribution in [0.5, 0.6) is 5.75 Å². The van der Waals surface area contributed by atoms with Crippen LogP contribution >= 0.6 is 11.8 Å². The number of hydrogen-bond acceptors (Lipinski definition) is 6. The van der Waals surface area contributed by atoms with Crippen molar-refractivity contribution in [2.75, 3.05) is 12.9 Å². The van der Waals surface area contributed by atoms with E-state index in [2.05, 4.69) is 10.3 Å². The number of methoxy groups -OCH3 is 1. The van der Waals surface area contributed by atoms with Crippen molar-refractivity contribution in [3.63, 3.8) is 0 Å². The maximum Gasteiger partial charge on any atom is 0.270 e. The third-order valence-corrected chi connectivity index (χ3v) is 6.10. The zero-order chi connectivity index (χ0) is 21.8. The minimum Gasteiger partial charge on any atom is -0.497 e. The first-order valence-electron chi connectivity index (χ1n) is 10.2. The number of nitrogens with one attached hydrogen (secondary N) is 1. The summed E-state index contributed by atoms with van der Waals surface area (Å²) in [5.41, 5.74) is 2.61. The Labute approximate surface area is 185 Å². The molecule has 4 rings (SSSR count). The van der Waals surface area contributed by atoms with Crippen molar-refractivity contribution < 1.29 is 14.3 Å². The van der Waals surface area contributed by atoms with Crippen LogP contribution in [0.1, 0.15) is 30.9 Å². The van der Waals surface area contributed by atoms with E-state index < -0.39 is 0 Å². The average molecular weight is 437 g/mol. The Balaban J connectivity index is 1.45. The second-order valence-corrected chi connectivity index (χ2v) is 8.22. The van der Waals surface area contributed by atoms with Gasteiger partial charge in [0.05, 0.1) is 18.6 Å². The van der Waals surface area contributed by atoms with Gasteiger partial charge in [0.2, 0.25) is 5.91 Å². The summed E-state index contributed by atoms with van der Waals surface area (Å²) in [6.07, 6.45) is 1.55. The summed E-state index contributed by atoms with van der Waals surface area (Å²) in [7, 11) is 1.62. The van der Waals surface area contributed by atoms with E-state index in [9.17, 15) is 9.59 Å². The van der Waals surface area contributed by atoms with Crippen LogP contribution in [0, 0.1) is 0 Å². The molecule has 0 aliphatic carbocycles. The molecule has 0 aromatic heterocycles. The van der Waals surface area contributed by atoms with Gasteiger partial charge < -0.3 is 10.1 Å². The van der Waals surface area contributed by atoms with Crippen LogP contribution in [-0.2, 0) is 16.1 Å². The molecule has 2 aliphatic heterocycles. The number of carbonyl (C=O) groups is 2. The number of aliphatic imine (C=N–C) groups is 2. The number of carbonyl (C=O) groups excluding carboxylic acids is 2. The summed E-state index contributed by atoms with van der Waals surface area (Å²) in [6, 6.07) is 14.9. The van der Waals surface area contributed by atoms with E-state index in [1.54, 1.807) is 7.11 Å². The van der Waals surface area contributed by atoms with E-state index in [1.165, 1.54) is 11.8 Å². The van der Waals surface area contributed by atoms with Gasteiger partial charge >= 0.3 is 0 Å². The van der Waals surface area contributed by atoms with Crippen LogP contribution in [0.3, 0.4) is 0 Å². The molecule has 1 unspecified atom stereocenters. The van der Waals surface area contributed by atoms with Gasteiger partial charge in [-0.1, -0.05) is 49.4 Å². The first kappa shape index (κ1) is 21.1. The second kappa shape index (κ2) is 9.34. The first-order chi connectivity index (χ1) is 15.1. The lowest BCUT2D eigenvalue weighted by Gasteiger charge is -2.30. The zero-order valence-corrected chi connectivity index (χ0v) is 18.3. The van der Waals surface area contributed by atoms with Crippen molar-refractivity contribution in [3.05, 3.63) is 59.7 Å². The van der Waals surface area contributed by atoms with Crippen molar-refractivity contribution in [2.24, 2.45) is 9.98 Å². The predicted molar refractivity (Wildman–Crippen MR) is 123 cm³/mol. The topological polar surface area (TPSA) is 83.4 Å². The number of nitrogens with zero attached hydrogens (tertiary/aromatic N) is 3. The van der Waals surface area contributed by atoms with E-state index in [1.807, 2.05) is 60.4 Å². The Morgan fingerprint density at radius 2 is 1.94 bits per heavy atom. The molecule has 2 heterocycles. The number of hydrogen-bond donors (Lipinski definition) is 1. The number of rotatable bonds is 7. The lowest BCUT2D eigenvalue weighted by atomic mass is 10.1. The molecule has 160 valence electrons. The maximum atomic E-state index is 12.5. The monoisotopic (exact) mass is 436 g/mol. The Morgan fingerprint density at radius 1 is 1.16 bits per heavy atom. The highest BCUT2D eigenvalue weighted by Crippen LogP contribution is 2.35. The maximum absolute atomic E-state index is 12.5. The van der Waals surface area contributed by atoms with Crippen molar-refractivity contribution in [1.29, 1.82) is 0 Å². The molecule has 2 aliphatic rings. The largest absolute Gasteiger partial charge is 0.497 e. The SMILES string of the molecule is CCCC1C(=O)N=C2c3ccccc3N=C(SCC(=O)NCc3ccc(OC)cc3)N21. The van der Waals surface area contributed by atoms with E-state index >= 15 is 0 Å². The van der Waals surface area contributed by atoms with Gasteiger partial charge in [-0.05, 0) is 36.2 Å². The molecule has 0 saturated carbocycles. The van der Waals surface area contributed by atoms with Gasteiger partial charge in [0, 0.05) is 12.1 Å². The summed E-state index contributed by atoms with van der Waals surface area (Å²) in [5, 5.41) is 3.57. The minimum atomic E-state index is -0.359. The lowest BCUT2D eigenvalue weighted by Crippen LogP contribution is -2.44. The van der Waals surface area contributed by atoms with Crippen LogP contribution in [-0.4, -0.2) is 46.6 Å². The van der Waals surface area contributed by atoms with Crippen LogP contribution in [0.25, 0.3) is 0 Å². The Morgan fingerprint density at radius 3 is 2.68 bits per heavy atom. The summed E-state index contributed by atoms with van der Waals surface area (Å²) in [6.45, 7) is 2.48. The number of ether oxygens (including phenoxy) is 1. The highest BCUT2D eigenvalue weighted by Gasteiger charge is 2.41. The highest BCUT2D eigenvalue weighted by molar-refractivity contribution is 8.14. The average Bonchev–Trinajstić information content (AvgIpc) is 3.13. The van der Waals surface area contributed by atoms with Gasteiger partial charge in [0.25, 0.3) is 5.91 Å². The van der Waals surface area contributed by atoms with Crippen molar-refractivity contribution in [1.82, 2.24) is 10.2 Å². The fourth-order valence-corrected chi connectivity index (χ4v) is 4.45. The van der Waals surface area contributed by atoms with Gasteiger partial charge in [0.1, 0.15) is 17.6 Å². The van der Waals surface area contributed by atoms with Gasteiger partial charge in [-0.3, -0.25) is 14.5 Å². The van der Waals surface area contributed by atoms with Crippen LogP contribution in [0.2, 0.25) is 0 Å². The lowest BCUT2D eigenvalue weighted by molar-refractivity contribution is -0.120. The third kappa shape index (κ3) is 4.49. The minimum absolute atomic E-state index is 0.0987. The number of amides is 2. The molecule has 8 heteroatoms. The molecule has 0 fully saturated rings. The van der Waals surface area contributed by atoms with Gasteiger partial charge in [-0.25, -0.2) is 4.99 Å². The van der Waals surface area contributed by atoms with E-state index in [0.717, 1.165) is 29.0 Å². The zero-order valence-electron chi connectivity index (χ0n) is 17.5. The van der Waals surface area contributed by atoms with Crippen molar-refractivity contribution in [3.8, 4) is 5.75 Å². The second-order valence-electron chi connectivity index (χ2n) is 7.27. The van der Waals surface area contributed by atoms with Gasteiger partial charge in [0.15, 0.2) is 5.17 Å². The fraction of sp³-hybridized carbons (Fsp3) is 0.304. The molecule has 2 amide bonds. The molecule has 7 nitrogen and oxygen atoms in total. The molecule has 1 atom stereocenters. The number of fused-ring (bicyclic) bond motifs is 3. The van der Waals surface area contributed by atoms with E-state index in [-0.39, 0.29) is 23.6 Å². The Kier molecular flexibility index (Phi) is 6.36. The number of thioether (sulfide) groups is 1. The molecule has 2 aromatic carbocycles. The van der Waals surface area contributed by atoms with E-state index in [4.69, 9.17) is 9.73 Å². The van der Waals surface area contributed by atoms with Crippen LogP contribution in [0.4, 0.5) is 5.69 Å². The summed E-state index contributed by atoms with van der Waals surface area (Å²) < 4.78 is 5.15. The third-order valence-electron chi connectivity index (χ3n) is 5.15. The highest BCUT2D eigenvalue weighted by atomic mass is 32.2. The smallest absolute Gasteiger partial charge is 0.270 e. The summed E-state index contributed by atoms with van der Waals surface area (Å²) in [5.74, 6) is 1.37. The molecular formula is C23H24N4O3S. The Bertz CT molecular complexity index is 1050. The van der Waals surface area contributed by atoms with Crippen LogP contribution in [0.15, 0.2) is 58.5 Å². The standard InChI is InChI=1S/C23H24N4O3S/c1-3-6-19-22(29)26-21-17-7-4-5-8-18(17)25-23(27(19)21)31-14-20(28)24-13-15-9-11-16(30-2)12-10-15/h4-5,7-12,19H,3,6,13-14H2,1-2H3,(H,24,28). The first-order valence-corrected chi connectivity index (χ1v) is 11.2. The quantitative estimate of drug-likeness (QED) is 0.718. The van der Waals surface area contributed by atoms with Gasteiger partial charge in [-0.15, -0.1) is 0 Å². The normalized spacial score (nSPS) is 16.9. The van der Waals surface area contributed by atoms with Crippen molar-refractivity contribution >= 4 is 40.3 Å².